The third kappa shape index (κ3) is 2.70. The maximum atomic E-state index is 12.9. The summed E-state index contributed by atoms with van der Waals surface area (Å²) in [7, 11) is 0. The first kappa shape index (κ1) is 17.0. The van der Waals surface area contributed by atoms with Gasteiger partial charge in [-0.2, -0.15) is 31.3 Å². The molecule has 7 nitrogen and oxygen atoms in total. The molecule has 1 aromatic rings. The molecule has 2 N–H and O–H groups in total. The average molecular weight is 345 g/mol. The van der Waals surface area contributed by atoms with Crippen molar-refractivity contribution in [2.24, 2.45) is 5.41 Å². The summed E-state index contributed by atoms with van der Waals surface area (Å²) < 4.78 is 77.7. The van der Waals surface area contributed by atoms with E-state index in [4.69, 9.17) is 5.73 Å². The van der Waals surface area contributed by atoms with E-state index in [9.17, 15) is 36.5 Å². The fourth-order valence-corrected chi connectivity index (χ4v) is 2.28. The van der Waals surface area contributed by atoms with E-state index in [0.717, 1.165) is 0 Å². The van der Waals surface area contributed by atoms with Crippen molar-refractivity contribution in [2.45, 2.75) is 18.8 Å². The molecule has 1 aliphatic heterocycles. The lowest BCUT2D eigenvalue weighted by Crippen LogP contribution is -2.51. The van der Waals surface area contributed by atoms with Crippen LogP contribution in [0.5, 0.6) is 0 Å². The van der Waals surface area contributed by atoms with Crippen LogP contribution in [0.2, 0.25) is 0 Å². The van der Waals surface area contributed by atoms with E-state index in [-0.39, 0.29) is 0 Å². The van der Waals surface area contributed by atoms with Crippen molar-refractivity contribution in [1.29, 1.82) is 0 Å². The van der Waals surface area contributed by atoms with Gasteiger partial charge in [0.05, 0.1) is 4.92 Å². The maximum Gasteiger partial charge on any atom is 0.404 e. The van der Waals surface area contributed by atoms with Gasteiger partial charge in [0, 0.05) is 13.1 Å². The first-order chi connectivity index (χ1) is 10.4. The molecule has 13 heteroatoms. The average Bonchev–Trinajstić information content (AvgIpc) is 2.83. The minimum Gasteiger partial charge on any atom is -0.378 e. The zero-order valence-corrected chi connectivity index (χ0v) is 11.1. The molecule has 0 amide bonds. The Bertz CT molecular complexity index is 617. The fourth-order valence-electron chi connectivity index (χ4n) is 2.28. The molecule has 1 fully saturated rings. The molecule has 128 valence electrons. The number of nitrogens with zero attached hydrogens (tertiary/aromatic N) is 4. The van der Waals surface area contributed by atoms with Gasteiger partial charge in [0.15, 0.2) is 5.41 Å². The Hall–Kier alpha value is -2.34. The summed E-state index contributed by atoms with van der Waals surface area (Å²) in [6.45, 7) is -2.05. The Labute approximate surface area is 124 Å². The van der Waals surface area contributed by atoms with Gasteiger partial charge in [-0.05, 0) is 6.42 Å². The number of nitrogens with two attached hydrogens (primary N) is 1. The third-order valence-electron chi connectivity index (χ3n) is 3.62. The molecule has 23 heavy (non-hydrogen) atoms. The zero-order chi connectivity index (χ0) is 17.6. The lowest BCUT2D eigenvalue weighted by Gasteiger charge is -2.33. The Morgan fingerprint density at radius 1 is 1.26 bits per heavy atom. The van der Waals surface area contributed by atoms with Gasteiger partial charge in [-0.15, -0.1) is 0 Å². The number of anilines is 2. The summed E-state index contributed by atoms with van der Waals surface area (Å²) in [5.74, 6) is -1.17. The van der Waals surface area contributed by atoms with E-state index in [1.807, 2.05) is 0 Å². The fraction of sp³-hybridized carbons (Fsp3) is 0.600. The van der Waals surface area contributed by atoms with Gasteiger partial charge in [-0.3, -0.25) is 10.1 Å². The molecule has 0 atom stereocenters. The molecular formula is C10H9F6N5O2. The van der Waals surface area contributed by atoms with E-state index in [0.29, 0.717) is 11.1 Å². The Morgan fingerprint density at radius 2 is 1.83 bits per heavy atom. The van der Waals surface area contributed by atoms with Gasteiger partial charge < -0.3 is 10.6 Å². The summed E-state index contributed by atoms with van der Waals surface area (Å²) in [5, 5.41) is 10.6. The molecule has 0 saturated carbocycles. The molecule has 0 aliphatic carbocycles. The van der Waals surface area contributed by atoms with Crippen LogP contribution in [0.3, 0.4) is 0 Å². The first-order valence-electron chi connectivity index (χ1n) is 6.04. The number of rotatable bonds is 2. The van der Waals surface area contributed by atoms with Crippen LogP contribution in [0.25, 0.3) is 0 Å². The van der Waals surface area contributed by atoms with E-state index < -0.39 is 59.7 Å². The van der Waals surface area contributed by atoms with Gasteiger partial charge >= 0.3 is 18.0 Å². The van der Waals surface area contributed by atoms with Crippen molar-refractivity contribution in [3.63, 3.8) is 0 Å². The van der Waals surface area contributed by atoms with Crippen molar-refractivity contribution >= 4 is 17.5 Å². The van der Waals surface area contributed by atoms with Crippen LogP contribution < -0.4 is 10.6 Å². The number of nitro groups is 1. The first-order valence-corrected chi connectivity index (χ1v) is 6.04. The summed E-state index contributed by atoms with van der Waals surface area (Å²) in [5.41, 5.74) is 0.673. The second kappa shape index (κ2) is 5.09. The van der Waals surface area contributed by atoms with E-state index in [1.54, 1.807) is 0 Å². The van der Waals surface area contributed by atoms with Crippen molar-refractivity contribution in [1.82, 2.24) is 9.97 Å². The summed E-state index contributed by atoms with van der Waals surface area (Å²) in [6.07, 6.45) is -11.6. The summed E-state index contributed by atoms with van der Waals surface area (Å²) in [4.78, 5) is 17.1. The number of hydrogen-bond donors (Lipinski definition) is 1. The Kier molecular flexibility index (Phi) is 3.77. The van der Waals surface area contributed by atoms with Crippen molar-refractivity contribution in [3.05, 3.63) is 16.3 Å². The highest BCUT2D eigenvalue weighted by Gasteiger charge is 2.72. The molecular weight excluding hydrogens is 336 g/mol. The van der Waals surface area contributed by atoms with Gasteiger partial charge in [-0.1, -0.05) is 0 Å². The molecule has 1 aliphatic rings. The van der Waals surface area contributed by atoms with Gasteiger partial charge in [0.1, 0.15) is 6.20 Å². The standard InChI is InChI=1S/C10H9F6N5O2/c11-9(12,13)8(10(14,15)16)1-2-20(4-8)7-18-3-5(21(22)23)6(17)19-7/h3H,1-2,4H2,(H2,17,18,19). The highest BCUT2D eigenvalue weighted by Crippen LogP contribution is 2.55. The number of halogens is 6. The highest BCUT2D eigenvalue weighted by atomic mass is 19.4. The van der Waals surface area contributed by atoms with Crippen molar-refractivity contribution in [3.8, 4) is 0 Å². The van der Waals surface area contributed by atoms with Crippen LogP contribution in [-0.4, -0.2) is 40.3 Å². The largest absolute Gasteiger partial charge is 0.404 e. The number of alkyl halides is 6. The molecule has 1 aromatic heterocycles. The molecule has 1 saturated heterocycles. The lowest BCUT2D eigenvalue weighted by atomic mass is 9.85. The summed E-state index contributed by atoms with van der Waals surface area (Å²) in [6, 6.07) is 0. The van der Waals surface area contributed by atoms with Crippen LogP contribution >= 0.6 is 0 Å². The van der Waals surface area contributed by atoms with Gasteiger partial charge in [0.2, 0.25) is 11.8 Å². The number of aromatic nitrogens is 2. The van der Waals surface area contributed by atoms with E-state index >= 15 is 0 Å². The third-order valence-corrected chi connectivity index (χ3v) is 3.62. The SMILES string of the molecule is Nc1nc(N2CCC(C(F)(F)F)(C(F)(F)F)C2)ncc1[N+](=O)[O-]. The number of hydrogen-bond acceptors (Lipinski definition) is 6. The zero-order valence-electron chi connectivity index (χ0n) is 11.1. The predicted octanol–water partition coefficient (Wildman–Crippen LogP) is 2.29. The molecule has 0 bridgehead atoms. The van der Waals surface area contributed by atoms with Crippen LogP contribution in [0, 0.1) is 15.5 Å². The quantitative estimate of drug-likeness (QED) is 0.502. The van der Waals surface area contributed by atoms with E-state index in [2.05, 4.69) is 9.97 Å². The molecule has 0 unspecified atom stereocenters. The molecule has 0 spiro atoms. The molecule has 0 aromatic carbocycles. The monoisotopic (exact) mass is 345 g/mol. The lowest BCUT2D eigenvalue weighted by molar-refractivity contribution is -0.384. The van der Waals surface area contributed by atoms with Crippen molar-refractivity contribution in [2.75, 3.05) is 23.7 Å². The van der Waals surface area contributed by atoms with Crippen molar-refractivity contribution < 1.29 is 31.3 Å². The van der Waals surface area contributed by atoms with E-state index in [1.165, 1.54) is 0 Å². The molecule has 0 radical (unpaired) electrons. The highest BCUT2D eigenvalue weighted by molar-refractivity contribution is 5.54. The van der Waals surface area contributed by atoms with Gasteiger partial charge in [-0.25, -0.2) is 4.98 Å². The number of nitrogen functional groups attached to an aromatic ring is 1. The minimum absolute atomic E-state index is 0.525. The predicted molar refractivity (Wildman–Crippen MR) is 64.5 cm³/mol. The van der Waals surface area contributed by atoms with Crippen LogP contribution in [0.15, 0.2) is 6.20 Å². The Morgan fingerprint density at radius 3 is 2.22 bits per heavy atom. The maximum absolute atomic E-state index is 12.9. The molecule has 2 heterocycles. The van der Waals surface area contributed by atoms with Gasteiger partial charge in [0.25, 0.3) is 0 Å². The Balaban J connectivity index is 2.35. The van der Waals surface area contributed by atoms with Crippen LogP contribution in [-0.2, 0) is 0 Å². The minimum atomic E-state index is -5.51. The smallest absolute Gasteiger partial charge is 0.378 e. The van der Waals surface area contributed by atoms with Crippen LogP contribution in [0.4, 0.5) is 43.8 Å². The second-order valence-corrected chi connectivity index (χ2v) is 4.95. The second-order valence-electron chi connectivity index (χ2n) is 4.95. The normalized spacial score (nSPS) is 18.3. The molecule has 2 rings (SSSR count). The van der Waals surface area contributed by atoms with Crippen LogP contribution in [0.1, 0.15) is 6.42 Å². The summed E-state index contributed by atoms with van der Waals surface area (Å²) >= 11 is 0. The topological polar surface area (TPSA) is 98.2 Å².